The smallest absolute Gasteiger partial charge is 0.191 e. The van der Waals surface area contributed by atoms with E-state index >= 15 is 0 Å². The van der Waals surface area contributed by atoms with E-state index in [1.54, 1.807) is 30.3 Å². The molecule has 2 rings (SSSR count). The molecule has 0 radical (unpaired) electrons. The van der Waals surface area contributed by atoms with Gasteiger partial charge in [0.05, 0.1) is 17.2 Å². The average molecular weight is 309 g/mol. The van der Waals surface area contributed by atoms with E-state index in [2.05, 4.69) is 11.9 Å². The Kier molecular flexibility index (Phi) is 5.22. The second-order valence-electron chi connectivity index (χ2n) is 5.57. The number of benzene rings is 1. The number of aliphatic imine (C=N–C) groups is 1. The standard InChI is InChI=1S/C15H23N3O2S/c1-13-6-5-10-18(12-13)15(16)17-9-11-21(19,20)14-7-3-2-4-8-14/h2-4,7-8,13H,5-6,9-12H2,1H3,(H2,16,17). The number of hydrogen-bond donors (Lipinski definition) is 1. The van der Waals surface area contributed by atoms with Crippen molar-refractivity contribution in [1.82, 2.24) is 4.90 Å². The summed E-state index contributed by atoms with van der Waals surface area (Å²) in [6, 6.07) is 8.45. The van der Waals surface area contributed by atoms with Gasteiger partial charge in [-0.3, -0.25) is 4.99 Å². The van der Waals surface area contributed by atoms with Gasteiger partial charge in [0.25, 0.3) is 0 Å². The minimum Gasteiger partial charge on any atom is -0.370 e. The van der Waals surface area contributed by atoms with E-state index in [4.69, 9.17) is 5.73 Å². The van der Waals surface area contributed by atoms with Gasteiger partial charge in [-0.15, -0.1) is 0 Å². The van der Waals surface area contributed by atoms with Crippen molar-refractivity contribution in [2.24, 2.45) is 16.6 Å². The molecule has 0 amide bonds. The molecule has 1 aromatic carbocycles. The van der Waals surface area contributed by atoms with Crippen LogP contribution in [0.3, 0.4) is 0 Å². The molecule has 0 aromatic heterocycles. The lowest BCUT2D eigenvalue weighted by molar-refractivity contribution is 0.270. The molecule has 1 saturated heterocycles. The third-order valence-corrected chi connectivity index (χ3v) is 5.43. The topological polar surface area (TPSA) is 75.8 Å². The van der Waals surface area contributed by atoms with Crippen molar-refractivity contribution in [2.75, 3.05) is 25.4 Å². The van der Waals surface area contributed by atoms with Gasteiger partial charge >= 0.3 is 0 Å². The van der Waals surface area contributed by atoms with E-state index in [0.717, 1.165) is 19.5 Å². The van der Waals surface area contributed by atoms with Crippen LogP contribution in [0.4, 0.5) is 0 Å². The minimum atomic E-state index is -3.28. The zero-order valence-electron chi connectivity index (χ0n) is 12.4. The van der Waals surface area contributed by atoms with Crippen molar-refractivity contribution in [1.29, 1.82) is 0 Å². The van der Waals surface area contributed by atoms with Gasteiger partial charge in [-0.1, -0.05) is 25.1 Å². The molecule has 5 nitrogen and oxygen atoms in total. The second-order valence-corrected chi connectivity index (χ2v) is 7.67. The Balaban J connectivity index is 1.92. The van der Waals surface area contributed by atoms with Crippen molar-refractivity contribution in [3.05, 3.63) is 30.3 Å². The van der Waals surface area contributed by atoms with Crippen LogP contribution in [0.15, 0.2) is 40.2 Å². The molecule has 2 N–H and O–H groups in total. The lowest BCUT2D eigenvalue weighted by Crippen LogP contribution is -2.43. The Morgan fingerprint density at radius 3 is 2.76 bits per heavy atom. The van der Waals surface area contributed by atoms with E-state index < -0.39 is 9.84 Å². The number of likely N-dealkylation sites (tertiary alicyclic amines) is 1. The average Bonchev–Trinajstić information content (AvgIpc) is 2.48. The van der Waals surface area contributed by atoms with E-state index in [1.807, 2.05) is 4.90 Å². The molecule has 1 unspecified atom stereocenters. The molecule has 21 heavy (non-hydrogen) atoms. The van der Waals surface area contributed by atoms with Crippen molar-refractivity contribution in [3.8, 4) is 0 Å². The predicted molar refractivity (Wildman–Crippen MR) is 85.0 cm³/mol. The van der Waals surface area contributed by atoms with Crippen LogP contribution in [-0.2, 0) is 9.84 Å². The second kappa shape index (κ2) is 6.93. The van der Waals surface area contributed by atoms with Crippen LogP contribution in [-0.4, -0.2) is 44.7 Å². The largest absolute Gasteiger partial charge is 0.370 e. The molecule has 6 heteroatoms. The molecule has 1 heterocycles. The molecule has 1 fully saturated rings. The van der Waals surface area contributed by atoms with Crippen molar-refractivity contribution >= 4 is 15.8 Å². The molecule has 1 aliphatic rings. The first-order valence-electron chi connectivity index (χ1n) is 7.32. The molecule has 1 aliphatic heterocycles. The summed E-state index contributed by atoms with van der Waals surface area (Å²) >= 11 is 0. The summed E-state index contributed by atoms with van der Waals surface area (Å²) in [5.74, 6) is 1.06. The highest BCUT2D eigenvalue weighted by molar-refractivity contribution is 7.91. The van der Waals surface area contributed by atoms with E-state index in [1.165, 1.54) is 6.42 Å². The minimum absolute atomic E-state index is 0.0128. The fourth-order valence-corrected chi connectivity index (χ4v) is 3.66. The van der Waals surface area contributed by atoms with Crippen LogP contribution < -0.4 is 5.73 Å². The number of rotatable bonds is 4. The first-order chi connectivity index (χ1) is 9.99. The molecule has 1 aromatic rings. The fourth-order valence-electron chi connectivity index (χ4n) is 2.52. The number of sulfone groups is 1. The van der Waals surface area contributed by atoms with Crippen LogP contribution in [0, 0.1) is 5.92 Å². The van der Waals surface area contributed by atoms with Gasteiger partial charge in [-0.25, -0.2) is 8.42 Å². The Labute approximate surface area is 126 Å². The SMILES string of the molecule is CC1CCCN(C(N)=NCCS(=O)(=O)c2ccccc2)C1. The van der Waals surface area contributed by atoms with Gasteiger partial charge in [0.2, 0.25) is 0 Å². The normalized spacial score (nSPS) is 20.5. The highest BCUT2D eigenvalue weighted by Crippen LogP contribution is 2.15. The molecular weight excluding hydrogens is 286 g/mol. The quantitative estimate of drug-likeness (QED) is 0.675. The van der Waals surface area contributed by atoms with E-state index in [0.29, 0.717) is 16.8 Å². The summed E-state index contributed by atoms with van der Waals surface area (Å²) in [6.07, 6.45) is 2.33. The maximum atomic E-state index is 12.1. The lowest BCUT2D eigenvalue weighted by atomic mass is 10.0. The molecular formula is C15H23N3O2S. The van der Waals surface area contributed by atoms with Crippen LogP contribution in [0.25, 0.3) is 0 Å². The Morgan fingerprint density at radius 2 is 2.10 bits per heavy atom. The first kappa shape index (κ1) is 15.8. The zero-order valence-corrected chi connectivity index (χ0v) is 13.2. The Bertz CT molecular complexity index is 584. The predicted octanol–water partition coefficient (Wildman–Crippen LogP) is 1.51. The molecule has 0 saturated carbocycles. The molecule has 0 spiro atoms. The molecule has 0 aliphatic carbocycles. The summed E-state index contributed by atoms with van der Waals surface area (Å²) < 4.78 is 24.2. The van der Waals surface area contributed by atoms with Crippen LogP contribution in [0.1, 0.15) is 19.8 Å². The number of nitrogens with zero attached hydrogens (tertiary/aromatic N) is 2. The summed E-state index contributed by atoms with van der Waals surface area (Å²) in [4.78, 5) is 6.62. The number of hydrogen-bond acceptors (Lipinski definition) is 3. The maximum Gasteiger partial charge on any atom is 0.191 e. The van der Waals surface area contributed by atoms with Gasteiger partial charge < -0.3 is 10.6 Å². The summed E-state index contributed by atoms with van der Waals surface area (Å²) in [7, 11) is -3.28. The maximum absolute atomic E-state index is 12.1. The number of piperidine rings is 1. The Hall–Kier alpha value is -1.56. The van der Waals surface area contributed by atoms with Crippen LogP contribution in [0.2, 0.25) is 0 Å². The summed E-state index contributed by atoms with van der Waals surface area (Å²) in [5, 5.41) is 0. The summed E-state index contributed by atoms with van der Waals surface area (Å²) in [5.41, 5.74) is 5.96. The first-order valence-corrected chi connectivity index (χ1v) is 8.97. The van der Waals surface area contributed by atoms with Gasteiger partial charge in [0.1, 0.15) is 0 Å². The van der Waals surface area contributed by atoms with Crippen LogP contribution in [0.5, 0.6) is 0 Å². The van der Waals surface area contributed by atoms with Crippen molar-refractivity contribution < 1.29 is 8.42 Å². The Morgan fingerprint density at radius 1 is 1.38 bits per heavy atom. The zero-order chi connectivity index (χ0) is 15.3. The van der Waals surface area contributed by atoms with Crippen molar-refractivity contribution in [3.63, 3.8) is 0 Å². The molecule has 1 atom stereocenters. The molecule has 116 valence electrons. The third-order valence-electron chi connectivity index (χ3n) is 3.72. The number of guanidine groups is 1. The highest BCUT2D eigenvalue weighted by atomic mass is 32.2. The molecule has 0 bridgehead atoms. The lowest BCUT2D eigenvalue weighted by Gasteiger charge is -2.31. The third kappa shape index (κ3) is 4.46. The van der Waals surface area contributed by atoms with E-state index in [-0.39, 0.29) is 12.3 Å². The van der Waals surface area contributed by atoms with Crippen LogP contribution >= 0.6 is 0 Å². The highest BCUT2D eigenvalue weighted by Gasteiger charge is 2.18. The summed E-state index contributed by atoms with van der Waals surface area (Å²) in [6.45, 7) is 4.21. The van der Waals surface area contributed by atoms with Crippen molar-refractivity contribution in [2.45, 2.75) is 24.7 Å². The van der Waals surface area contributed by atoms with Gasteiger partial charge in [-0.05, 0) is 30.9 Å². The van der Waals surface area contributed by atoms with Gasteiger partial charge in [0.15, 0.2) is 15.8 Å². The number of nitrogens with two attached hydrogens (primary N) is 1. The van der Waals surface area contributed by atoms with Gasteiger partial charge in [-0.2, -0.15) is 0 Å². The monoisotopic (exact) mass is 309 g/mol. The fraction of sp³-hybridized carbons (Fsp3) is 0.533. The van der Waals surface area contributed by atoms with E-state index in [9.17, 15) is 8.42 Å². The van der Waals surface area contributed by atoms with Gasteiger partial charge in [0, 0.05) is 13.1 Å².